The van der Waals surface area contributed by atoms with Crippen LogP contribution in [0.25, 0.3) is 10.9 Å². The number of carbonyl (C=O) groups is 3. The van der Waals surface area contributed by atoms with Crippen LogP contribution < -0.4 is 10.6 Å². The second-order valence-corrected chi connectivity index (χ2v) is 8.66. The second-order valence-electron chi connectivity index (χ2n) is 8.66. The Balaban J connectivity index is 1.51. The third-order valence-electron chi connectivity index (χ3n) is 6.26. The number of carbonyl (C=O) groups excluding carboxylic acids is 3. The zero-order valence-corrected chi connectivity index (χ0v) is 19.3. The van der Waals surface area contributed by atoms with Gasteiger partial charge in [0.1, 0.15) is 6.04 Å². The monoisotopic (exact) mass is 459 g/mol. The topological polar surface area (TPSA) is 97.4 Å². The predicted octanol–water partition coefficient (Wildman–Crippen LogP) is 4.12. The van der Waals surface area contributed by atoms with Crippen molar-refractivity contribution in [3.05, 3.63) is 71.9 Å². The van der Waals surface area contributed by atoms with Crippen molar-refractivity contribution in [1.29, 1.82) is 0 Å². The molecule has 0 aliphatic carbocycles. The summed E-state index contributed by atoms with van der Waals surface area (Å²) in [5.41, 5.74) is 3.46. The van der Waals surface area contributed by atoms with E-state index < -0.39 is 12.0 Å². The van der Waals surface area contributed by atoms with Crippen LogP contribution in [0.2, 0.25) is 0 Å². The zero-order chi connectivity index (χ0) is 23.9. The van der Waals surface area contributed by atoms with E-state index in [9.17, 15) is 14.4 Å². The van der Waals surface area contributed by atoms with Gasteiger partial charge >= 0.3 is 5.97 Å². The number of nitrogens with zero attached hydrogens (tertiary/aromatic N) is 1. The number of benzene rings is 2. The number of para-hydroxylation sites is 1. The van der Waals surface area contributed by atoms with E-state index in [-0.39, 0.29) is 17.7 Å². The fourth-order valence-electron chi connectivity index (χ4n) is 4.46. The molecule has 2 atom stereocenters. The Hall–Kier alpha value is -3.74. The van der Waals surface area contributed by atoms with Crippen LogP contribution in [-0.4, -0.2) is 35.9 Å². The first-order chi connectivity index (χ1) is 16.5. The van der Waals surface area contributed by atoms with Crippen molar-refractivity contribution in [2.45, 2.75) is 50.5 Å². The summed E-state index contributed by atoms with van der Waals surface area (Å²) in [6.45, 7) is 0. The Kier molecular flexibility index (Phi) is 7.52. The lowest BCUT2D eigenvalue weighted by molar-refractivity contribution is -0.145. The van der Waals surface area contributed by atoms with E-state index in [1.165, 1.54) is 7.11 Å². The molecule has 2 N–H and O–H groups in total. The number of anilines is 1. The Morgan fingerprint density at radius 3 is 2.68 bits per heavy atom. The summed E-state index contributed by atoms with van der Waals surface area (Å²) in [5.74, 6) is -0.662. The Morgan fingerprint density at radius 1 is 1.09 bits per heavy atom. The molecule has 3 heterocycles. The normalized spacial score (nSPS) is 18.8. The lowest BCUT2D eigenvalue weighted by Gasteiger charge is -2.18. The third-order valence-corrected chi connectivity index (χ3v) is 6.26. The van der Waals surface area contributed by atoms with Crippen molar-refractivity contribution < 1.29 is 19.1 Å². The lowest BCUT2D eigenvalue weighted by atomic mass is 9.89. The van der Waals surface area contributed by atoms with Gasteiger partial charge in [-0.1, -0.05) is 48.9 Å². The van der Waals surface area contributed by atoms with Gasteiger partial charge < -0.3 is 15.4 Å². The van der Waals surface area contributed by atoms with E-state index in [4.69, 9.17) is 4.74 Å². The average molecular weight is 460 g/mol. The summed E-state index contributed by atoms with van der Waals surface area (Å²) in [7, 11) is 1.32. The molecule has 0 radical (unpaired) electrons. The molecule has 34 heavy (non-hydrogen) atoms. The fourth-order valence-corrected chi connectivity index (χ4v) is 4.46. The van der Waals surface area contributed by atoms with E-state index in [1.54, 1.807) is 6.20 Å². The molecule has 0 saturated heterocycles. The van der Waals surface area contributed by atoms with Gasteiger partial charge in [-0.2, -0.15) is 0 Å². The van der Waals surface area contributed by atoms with Crippen LogP contribution in [0.4, 0.5) is 5.69 Å². The number of fused-ring (bicyclic) bond motifs is 11. The number of amides is 2. The van der Waals surface area contributed by atoms with Gasteiger partial charge in [0, 0.05) is 30.8 Å². The molecule has 2 aromatic carbocycles. The predicted molar refractivity (Wildman–Crippen MR) is 130 cm³/mol. The van der Waals surface area contributed by atoms with Crippen LogP contribution in [0.5, 0.6) is 0 Å². The van der Waals surface area contributed by atoms with Crippen molar-refractivity contribution in [1.82, 2.24) is 10.3 Å². The molecule has 7 heteroatoms. The molecule has 176 valence electrons. The van der Waals surface area contributed by atoms with Crippen LogP contribution in [0, 0.1) is 0 Å². The Bertz CT molecular complexity index is 1170. The van der Waals surface area contributed by atoms with Crippen LogP contribution in [0.15, 0.2) is 60.8 Å². The number of hydrogen-bond acceptors (Lipinski definition) is 5. The summed E-state index contributed by atoms with van der Waals surface area (Å²) in [6, 6.07) is 16.8. The first-order valence-electron chi connectivity index (χ1n) is 11.6. The van der Waals surface area contributed by atoms with Gasteiger partial charge in [-0.3, -0.25) is 14.6 Å². The van der Waals surface area contributed by atoms with Gasteiger partial charge in [0.15, 0.2) is 0 Å². The number of hydrogen-bond donors (Lipinski definition) is 2. The van der Waals surface area contributed by atoms with Crippen molar-refractivity contribution in [2.24, 2.45) is 0 Å². The Morgan fingerprint density at radius 2 is 1.88 bits per heavy atom. The highest BCUT2D eigenvalue weighted by molar-refractivity contribution is 6.00. The van der Waals surface area contributed by atoms with Crippen LogP contribution in [-0.2, 0) is 25.5 Å². The van der Waals surface area contributed by atoms with Gasteiger partial charge in [-0.15, -0.1) is 0 Å². The minimum atomic E-state index is -0.708. The van der Waals surface area contributed by atoms with Crippen molar-refractivity contribution in [3.8, 4) is 0 Å². The van der Waals surface area contributed by atoms with E-state index in [2.05, 4.69) is 15.6 Å². The highest BCUT2D eigenvalue weighted by atomic mass is 16.5. The maximum atomic E-state index is 13.0. The fraction of sp³-hybridized carbons (Fsp3) is 0.333. The van der Waals surface area contributed by atoms with E-state index in [0.717, 1.165) is 34.9 Å². The molecule has 2 aliphatic heterocycles. The molecular formula is C27H29N3O4. The van der Waals surface area contributed by atoms with Crippen LogP contribution in [0.3, 0.4) is 0 Å². The number of nitrogens with one attached hydrogen (secondary N) is 2. The smallest absolute Gasteiger partial charge is 0.328 e. The molecule has 1 aromatic heterocycles. The number of esters is 1. The summed E-state index contributed by atoms with van der Waals surface area (Å²) in [6.07, 6.45) is 5.01. The highest BCUT2D eigenvalue weighted by Crippen LogP contribution is 2.28. The molecule has 2 bridgehead atoms. The summed E-state index contributed by atoms with van der Waals surface area (Å²) < 4.78 is 4.86. The minimum Gasteiger partial charge on any atom is -0.467 e. The molecule has 0 fully saturated rings. The Labute approximate surface area is 198 Å². The first-order valence-corrected chi connectivity index (χ1v) is 11.6. The number of ether oxygens (including phenoxy) is 1. The quantitative estimate of drug-likeness (QED) is 0.572. The number of rotatable bonds is 4. The average Bonchev–Trinajstić information content (AvgIpc) is 2.87. The molecule has 3 aromatic rings. The van der Waals surface area contributed by atoms with E-state index >= 15 is 0 Å². The SMILES string of the molecule is COC(=O)[C@@H]1Cc2ccc(cc2)C(CC(=O)Nc2cccc3cccnc23)CCCCC(=O)N1. The molecule has 5 rings (SSSR count). The van der Waals surface area contributed by atoms with Crippen LogP contribution in [0.1, 0.15) is 49.1 Å². The van der Waals surface area contributed by atoms with E-state index in [0.29, 0.717) is 31.4 Å². The van der Waals surface area contributed by atoms with Crippen molar-refractivity contribution >= 4 is 34.4 Å². The summed E-state index contributed by atoms with van der Waals surface area (Å²) in [5, 5.41) is 6.80. The molecular weight excluding hydrogens is 430 g/mol. The van der Waals surface area contributed by atoms with Crippen LogP contribution >= 0.6 is 0 Å². The second kappa shape index (κ2) is 10.9. The van der Waals surface area contributed by atoms with Gasteiger partial charge in [0.2, 0.25) is 11.8 Å². The molecule has 7 nitrogen and oxygen atoms in total. The highest BCUT2D eigenvalue weighted by Gasteiger charge is 2.23. The number of methoxy groups -OCH3 is 1. The van der Waals surface area contributed by atoms with Crippen molar-refractivity contribution in [2.75, 3.05) is 12.4 Å². The summed E-state index contributed by atoms with van der Waals surface area (Å²) >= 11 is 0. The van der Waals surface area contributed by atoms with Gasteiger partial charge in [0.05, 0.1) is 18.3 Å². The molecule has 2 amide bonds. The minimum absolute atomic E-state index is 0.0252. The van der Waals surface area contributed by atoms with E-state index in [1.807, 2.05) is 54.6 Å². The standard InChI is InChI=1S/C27H29N3O4/c1-34-27(33)23-16-18-11-13-19(14-12-18)21(6-2-3-10-24(31)30-23)17-25(32)29-22-9-4-7-20-8-5-15-28-26(20)22/h4-5,7-9,11-15,21,23H,2-3,6,10,16-17H2,1H3,(H,29,32)(H,30,31)/t21?,23-/m0/s1. The first kappa shape index (κ1) is 23.4. The largest absolute Gasteiger partial charge is 0.467 e. The van der Waals surface area contributed by atoms with Gasteiger partial charge in [-0.05, 0) is 42.0 Å². The lowest BCUT2D eigenvalue weighted by Crippen LogP contribution is -2.42. The molecule has 1 unspecified atom stereocenters. The zero-order valence-electron chi connectivity index (χ0n) is 19.3. The third kappa shape index (κ3) is 5.78. The number of pyridine rings is 1. The maximum Gasteiger partial charge on any atom is 0.328 e. The maximum absolute atomic E-state index is 13.0. The van der Waals surface area contributed by atoms with Crippen molar-refractivity contribution in [3.63, 3.8) is 0 Å². The molecule has 2 aliphatic rings. The van der Waals surface area contributed by atoms with Gasteiger partial charge in [-0.25, -0.2) is 4.79 Å². The molecule has 0 saturated carbocycles. The molecule has 0 spiro atoms. The summed E-state index contributed by atoms with van der Waals surface area (Å²) in [4.78, 5) is 41.9. The van der Waals surface area contributed by atoms with Gasteiger partial charge in [0.25, 0.3) is 0 Å². The number of aromatic nitrogens is 1.